The van der Waals surface area contributed by atoms with E-state index >= 15 is 0 Å². The molecule has 2 N–H and O–H groups in total. The van der Waals surface area contributed by atoms with Crippen LogP contribution in [0.4, 0.5) is 17.1 Å². The number of nitriles is 1. The molecule has 0 radical (unpaired) electrons. The fraction of sp³-hybridized carbons (Fsp3) is 0.138. The predicted molar refractivity (Wildman–Crippen MR) is 142 cm³/mol. The molecular formula is C29H26N4O4. The van der Waals surface area contributed by atoms with Crippen molar-refractivity contribution in [1.29, 1.82) is 5.26 Å². The molecule has 2 aromatic carbocycles. The van der Waals surface area contributed by atoms with Gasteiger partial charge in [-0.2, -0.15) is 15.5 Å². The third-order valence-corrected chi connectivity index (χ3v) is 5.51. The number of rotatable bonds is 11. The number of benzene rings is 2. The topological polar surface area (TPSA) is 111 Å². The van der Waals surface area contributed by atoms with E-state index < -0.39 is 0 Å². The van der Waals surface area contributed by atoms with E-state index in [0.717, 1.165) is 5.69 Å². The lowest BCUT2D eigenvalue weighted by Crippen LogP contribution is -2.31. The van der Waals surface area contributed by atoms with Gasteiger partial charge in [0.25, 0.3) is 11.9 Å². The molecule has 0 amide bonds. The summed E-state index contributed by atoms with van der Waals surface area (Å²) in [6.45, 7) is 1.43. The molecule has 8 heteroatoms. The zero-order valence-corrected chi connectivity index (χ0v) is 20.1. The van der Waals surface area contributed by atoms with Crippen LogP contribution in [0, 0.1) is 11.3 Å². The Hall–Kier alpha value is -5.03. The van der Waals surface area contributed by atoms with Gasteiger partial charge in [0.05, 0.1) is 47.2 Å². The summed E-state index contributed by atoms with van der Waals surface area (Å²) in [7, 11) is 0. The van der Waals surface area contributed by atoms with Crippen LogP contribution in [0.15, 0.2) is 130 Å². The van der Waals surface area contributed by atoms with Crippen LogP contribution in [0.3, 0.4) is 0 Å². The number of aliphatic hydroxyl groups is 2. The van der Waals surface area contributed by atoms with E-state index in [2.05, 4.69) is 16.3 Å². The van der Waals surface area contributed by atoms with Gasteiger partial charge in [0.1, 0.15) is 13.2 Å². The monoisotopic (exact) mass is 494 g/mol. The maximum absolute atomic E-state index is 10.1. The summed E-state index contributed by atoms with van der Waals surface area (Å²) in [5, 5.41) is 37.7. The van der Waals surface area contributed by atoms with Gasteiger partial charge in [-0.3, -0.25) is 0 Å². The molecule has 0 aromatic heterocycles. The average molecular weight is 495 g/mol. The van der Waals surface area contributed by atoms with Crippen LogP contribution < -0.4 is 4.90 Å². The summed E-state index contributed by atoms with van der Waals surface area (Å²) < 4.78 is 11.1. The highest BCUT2D eigenvalue weighted by atomic mass is 16.6. The second-order valence-corrected chi connectivity index (χ2v) is 8.02. The summed E-state index contributed by atoms with van der Waals surface area (Å²) in [5.74, 6) is -0.246. The Morgan fingerprint density at radius 2 is 1.14 bits per heavy atom. The van der Waals surface area contributed by atoms with Gasteiger partial charge < -0.3 is 24.6 Å². The van der Waals surface area contributed by atoms with Gasteiger partial charge in [0, 0.05) is 5.69 Å². The number of azo groups is 1. The molecule has 0 unspecified atom stereocenters. The van der Waals surface area contributed by atoms with Gasteiger partial charge >= 0.3 is 0 Å². The molecule has 2 aromatic rings. The first-order valence-electron chi connectivity index (χ1n) is 11.7. The molecule has 186 valence electrons. The number of anilines is 1. The smallest absolute Gasteiger partial charge is 0.284 e. The number of ether oxygens (including phenoxy) is 2. The normalized spacial score (nSPS) is 13.4. The van der Waals surface area contributed by atoms with Gasteiger partial charge in [-0.1, -0.05) is 24.3 Å². The molecule has 4 rings (SSSR count). The largest absolute Gasteiger partial charge is 0.481 e. The third-order valence-electron chi connectivity index (χ3n) is 5.51. The number of nitrogens with zero attached hydrogens (tertiary/aromatic N) is 4. The van der Waals surface area contributed by atoms with E-state index in [9.17, 15) is 10.2 Å². The minimum atomic E-state index is -0.123. The highest BCUT2D eigenvalue weighted by Gasteiger charge is 2.11. The van der Waals surface area contributed by atoms with E-state index in [-0.39, 0.29) is 25.1 Å². The summed E-state index contributed by atoms with van der Waals surface area (Å²) in [6.07, 6.45) is 14.4. The Kier molecular flexibility index (Phi) is 8.54. The summed E-state index contributed by atoms with van der Waals surface area (Å²) >= 11 is 0. The zero-order chi connectivity index (χ0) is 25.9. The number of allylic oxidation sites excluding steroid dienone is 10. The second-order valence-electron chi connectivity index (χ2n) is 8.02. The summed E-state index contributed by atoms with van der Waals surface area (Å²) in [4.78, 5) is 2.03. The van der Waals surface area contributed by atoms with Crippen LogP contribution in [0.5, 0.6) is 0 Å². The van der Waals surface area contributed by atoms with Crippen molar-refractivity contribution >= 4 is 17.1 Å². The molecule has 0 saturated carbocycles. The standard InChI is InChI=1S/C29H26N4O4/c30-21-22-9-11-25(12-10-22)31-32-26-13-15-27(16-14-26)33(17-19-36-28(34)23-5-1-2-6-23)18-20-37-29(35)24-7-3-4-8-24/h1-16,34-35H,17-20H2. The van der Waals surface area contributed by atoms with Gasteiger partial charge in [-0.25, -0.2) is 0 Å². The molecule has 2 aliphatic rings. The SMILES string of the molecule is N#Cc1ccc(N=Nc2ccc(N(CCOC(O)=C3C=CC=C3)CCOC(O)=C3C=CC=C3)cc2)cc1. The molecule has 0 aliphatic heterocycles. The number of hydrogen-bond donors (Lipinski definition) is 2. The van der Waals surface area contributed by atoms with E-state index in [1.54, 1.807) is 48.6 Å². The van der Waals surface area contributed by atoms with E-state index in [1.165, 1.54) is 0 Å². The fourth-order valence-corrected chi connectivity index (χ4v) is 3.52. The lowest BCUT2D eigenvalue weighted by molar-refractivity contribution is 0.0878. The van der Waals surface area contributed by atoms with E-state index in [0.29, 0.717) is 41.2 Å². The van der Waals surface area contributed by atoms with Crippen LogP contribution in [0.25, 0.3) is 0 Å². The zero-order valence-electron chi connectivity index (χ0n) is 20.1. The van der Waals surface area contributed by atoms with Gasteiger partial charge in [-0.05, 0) is 72.8 Å². The molecule has 37 heavy (non-hydrogen) atoms. The highest BCUT2D eigenvalue weighted by molar-refractivity contribution is 5.53. The van der Waals surface area contributed by atoms with Crippen molar-refractivity contribution < 1.29 is 19.7 Å². The molecular weight excluding hydrogens is 468 g/mol. The molecule has 0 saturated heterocycles. The molecule has 0 heterocycles. The highest BCUT2D eigenvalue weighted by Crippen LogP contribution is 2.23. The Bertz CT molecular complexity index is 1260. The van der Waals surface area contributed by atoms with Gasteiger partial charge in [0.2, 0.25) is 0 Å². The van der Waals surface area contributed by atoms with Crippen molar-refractivity contribution in [1.82, 2.24) is 0 Å². The summed E-state index contributed by atoms with van der Waals surface area (Å²) in [6, 6.07) is 16.5. The van der Waals surface area contributed by atoms with Crippen LogP contribution in [-0.4, -0.2) is 36.5 Å². The third kappa shape index (κ3) is 7.23. The first-order chi connectivity index (χ1) is 18.1. The van der Waals surface area contributed by atoms with Crippen LogP contribution in [0.1, 0.15) is 5.56 Å². The van der Waals surface area contributed by atoms with Crippen molar-refractivity contribution in [3.8, 4) is 6.07 Å². The fourth-order valence-electron chi connectivity index (χ4n) is 3.52. The summed E-state index contributed by atoms with van der Waals surface area (Å²) in [5.41, 5.74) is 4.04. The molecule has 2 aliphatic carbocycles. The first-order valence-corrected chi connectivity index (χ1v) is 11.7. The minimum absolute atomic E-state index is 0.123. The van der Waals surface area contributed by atoms with Crippen molar-refractivity contribution in [3.05, 3.63) is 126 Å². The quantitative estimate of drug-likeness (QED) is 0.269. The van der Waals surface area contributed by atoms with Crippen molar-refractivity contribution in [2.24, 2.45) is 10.2 Å². The van der Waals surface area contributed by atoms with E-state index in [4.69, 9.17) is 14.7 Å². The van der Waals surface area contributed by atoms with Gasteiger partial charge in [-0.15, -0.1) is 0 Å². The van der Waals surface area contributed by atoms with Crippen molar-refractivity contribution in [3.63, 3.8) is 0 Å². The minimum Gasteiger partial charge on any atom is -0.481 e. The van der Waals surface area contributed by atoms with Gasteiger partial charge in [0.15, 0.2) is 0 Å². The Balaban J connectivity index is 1.40. The molecule has 0 atom stereocenters. The number of aliphatic hydroxyl groups excluding tert-OH is 2. The van der Waals surface area contributed by atoms with E-state index in [1.807, 2.05) is 53.5 Å². The van der Waals surface area contributed by atoms with Crippen LogP contribution >= 0.6 is 0 Å². The van der Waals surface area contributed by atoms with Crippen LogP contribution in [0.2, 0.25) is 0 Å². The average Bonchev–Trinajstić information content (AvgIpc) is 3.67. The lowest BCUT2D eigenvalue weighted by atomic mass is 10.2. The Morgan fingerprint density at radius 3 is 1.57 bits per heavy atom. The molecule has 0 spiro atoms. The molecule has 0 bridgehead atoms. The molecule has 0 fully saturated rings. The maximum Gasteiger partial charge on any atom is 0.284 e. The first kappa shape index (κ1) is 25.1. The predicted octanol–water partition coefficient (Wildman–Crippen LogP) is 6.60. The molecule has 8 nitrogen and oxygen atoms in total. The second kappa shape index (κ2) is 12.6. The van der Waals surface area contributed by atoms with Crippen molar-refractivity contribution in [2.45, 2.75) is 0 Å². The Morgan fingerprint density at radius 1 is 0.703 bits per heavy atom. The number of hydrogen-bond acceptors (Lipinski definition) is 8. The maximum atomic E-state index is 10.1. The van der Waals surface area contributed by atoms with Crippen LogP contribution in [-0.2, 0) is 9.47 Å². The van der Waals surface area contributed by atoms with Crippen molar-refractivity contribution in [2.75, 3.05) is 31.2 Å². The Labute approximate surface area is 215 Å². The lowest BCUT2D eigenvalue weighted by Gasteiger charge is -2.25.